The van der Waals surface area contributed by atoms with Crippen LogP contribution in [0.25, 0.3) is 0 Å². The maximum atomic E-state index is 10.8. The second-order valence-corrected chi connectivity index (χ2v) is 4.83. The van der Waals surface area contributed by atoms with E-state index in [4.69, 9.17) is 4.74 Å². The van der Waals surface area contributed by atoms with Crippen LogP contribution in [-0.4, -0.2) is 29.3 Å². The molecule has 0 bridgehead atoms. The van der Waals surface area contributed by atoms with Gasteiger partial charge >= 0.3 is 0 Å². The minimum absolute atomic E-state index is 0.00222. The van der Waals surface area contributed by atoms with Crippen molar-refractivity contribution in [2.24, 2.45) is 0 Å². The average molecular weight is 282 g/mol. The molecule has 0 aliphatic rings. The maximum absolute atomic E-state index is 10.8. The smallest absolute Gasteiger partial charge is 0.273 e. The highest BCUT2D eigenvalue weighted by Gasteiger charge is 2.21. The van der Waals surface area contributed by atoms with E-state index >= 15 is 0 Å². The Morgan fingerprint density at radius 2 is 2.00 bits per heavy atom. The van der Waals surface area contributed by atoms with Crippen LogP contribution in [0.15, 0.2) is 18.2 Å². The molecule has 0 unspecified atom stereocenters. The number of nitro benzene ring substituents is 1. The normalized spacial score (nSPS) is 11.4. The summed E-state index contributed by atoms with van der Waals surface area (Å²) >= 11 is 0. The topological polar surface area (TPSA) is 84.6 Å². The first-order valence-corrected chi connectivity index (χ1v) is 6.69. The molecule has 0 radical (unpaired) electrons. The summed E-state index contributed by atoms with van der Waals surface area (Å²) in [4.78, 5) is 10.4. The minimum Gasteiger partial charge on any atom is -0.496 e. The standard InChI is InChI=1S/C14H22N2O4/c1-4-14(17,5-2)10-15-9-11-6-12(16(18)19)8-13(7-11)20-3/h6-8,15,17H,4-5,9-10H2,1-3H3. The summed E-state index contributed by atoms with van der Waals surface area (Å²) in [5.74, 6) is 0.456. The highest BCUT2D eigenvalue weighted by atomic mass is 16.6. The number of benzene rings is 1. The lowest BCUT2D eigenvalue weighted by Gasteiger charge is -2.25. The van der Waals surface area contributed by atoms with Crippen LogP contribution in [0.1, 0.15) is 32.3 Å². The van der Waals surface area contributed by atoms with Gasteiger partial charge in [0.1, 0.15) is 5.75 Å². The third kappa shape index (κ3) is 4.47. The Bertz CT molecular complexity index is 458. The van der Waals surface area contributed by atoms with Crippen LogP contribution in [0.4, 0.5) is 5.69 Å². The second-order valence-electron chi connectivity index (χ2n) is 4.83. The molecule has 2 N–H and O–H groups in total. The number of non-ortho nitro benzene ring substituents is 1. The zero-order valence-electron chi connectivity index (χ0n) is 12.2. The van der Waals surface area contributed by atoms with Crippen molar-refractivity contribution in [1.29, 1.82) is 0 Å². The van der Waals surface area contributed by atoms with Crippen molar-refractivity contribution < 1.29 is 14.8 Å². The fourth-order valence-corrected chi connectivity index (χ4v) is 1.91. The van der Waals surface area contributed by atoms with Gasteiger partial charge in [0, 0.05) is 19.2 Å². The molecule has 0 saturated heterocycles. The third-order valence-corrected chi connectivity index (χ3v) is 3.50. The molecule has 20 heavy (non-hydrogen) atoms. The van der Waals surface area contributed by atoms with Crippen LogP contribution >= 0.6 is 0 Å². The van der Waals surface area contributed by atoms with E-state index in [0.29, 0.717) is 31.7 Å². The van der Waals surface area contributed by atoms with E-state index in [1.165, 1.54) is 19.2 Å². The zero-order chi connectivity index (χ0) is 15.2. The lowest BCUT2D eigenvalue weighted by atomic mass is 9.97. The molecule has 0 fully saturated rings. The molecule has 112 valence electrons. The lowest BCUT2D eigenvalue weighted by molar-refractivity contribution is -0.385. The molecular weight excluding hydrogens is 260 g/mol. The minimum atomic E-state index is -0.731. The first-order valence-electron chi connectivity index (χ1n) is 6.69. The first-order chi connectivity index (χ1) is 9.44. The Labute approximate surface area is 118 Å². The van der Waals surface area contributed by atoms with E-state index < -0.39 is 10.5 Å². The van der Waals surface area contributed by atoms with Crippen molar-refractivity contribution in [1.82, 2.24) is 5.32 Å². The molecule has 1 rings (SSSR count). The lowest BCUT2D eigenvalue weighted by Crippen LogP contribution is -2.39. The van der Waals surface area contributed by atoms with Crippen molar-refractivity contribution in [3.05, 3.63) is 33.9 Å². The molecule has 1 aromatic rings. The van der Waals surface area contributed by atoms with Gasteiger partial charge in [0.15, 0.2) is 0 Å². The largest absolute Gasteiger partial charge is 0.496 e. The second kappa shape index (κ2) is 7.21. The van der Waals surface area contributed by atoms with Crippen LogP contribution in [0.2, 0.25) is 0 Å². The third-order valence-electron chi connectivity index (χ3n) is 3.50. The summed E-state index contributed by atoms with van der Waals surface area (Å²) in [6.07, 6.45) is 1.32. The average Bonchev–Trinajstić information content (AvgIpc) is 2.46. The number of methoxy groups -OCH3 is 1. The quantitative estimate of drug-likeness (QED) is 0.564. The molecule has 6 nitrogen and oxygen atoms in total. The highest BCUT2D eigenvalue weighted by Crippen LogP contribution is 2.22. The van der Waals surface area contributed by atoms with Gasteiger partial charge in [0.2, 0.25) is 0 Å². The Hall–Kier alpha value is -1.66. The van der Waals surface area contributed by atoms with Gasteiger partial charge in [-0.25, -0.2) is 0 Å². The predicted molar refractivity (Wildman–Crippen MR) is 76.9 cm³/mol. The Balaban J connectivity index is 2.72. The van der Waals surface area contributed by atoms with E-state index in [-0.39, 0.29) is 5.69 Å². The van der Waals surface area contributed by atoms with Crippen molar-refractivity contribution in [2.75, 3.05) is 13.7 Å². The number of nitro groups is 1. The van der Waals surface area contributed by atoms with E-state index in [1.54, 1.807) is 6.07 Å². The Morgan fingerprint density at radius 3 is 2.50 bits per heavy atom. The zero-order valence-corrected chi connectivity index (χ0v) is 12.2. The van der Waals surface area contributed by atoms with Crippen molar-refractivity contribution in [3.8, 4) is 5.75 Å². The summed E-state index contributed by atoms with van der Waals surface area (Å²) in [5, 5.41) is 24.1. The van der Waals surface area contributed by atoms with Crippen LogP contribution in [0.5, 0.6) is 5.75 Å². The van der Waals surface area contributed by atoms with Gasteiger partial charge in [0.25, 0.3) is 5.69 Å². The number of nitrogens with one attached hydrogen (secondary N) is 1. The number of nitrogens with zero attached hydrogens (tertiary/aromatic N) is 1. The molecule has 0 heterocycles. The number of aliphatic hydroxyl groups is 1. The fourth-order valence-electron chi connectivity index (χ4n) is 1.91. The van der Waals surface area contributed by atoms with Crippen LogP contribution < -0.4 is 10.1 Å². The predicted octanol–water partition coefficient (Wildman–Crippen LogP) is 2.24. The Morgan fingerprint density at radius 1 is 1.35 bits per heavy atom. The molecule has 0 spiro atoms. The summed E-state index contributed by atoms with van der Waals surface area (Å²) in [7, 11) is 1.48. The molecule has 0 aliphatic carbocycles. The SMILES string of the molecule is CCC(O)(CC)CNCc1cc(OC)cc([N+](=O)[O-])c1. The van der Waals surface area contributed by atoms with Gasteiger partial charge in [-0.3, -0.25) is 10.1 Å². The molecule has 6 heteroatoms. The van der Waals surface area contributed by atoms with E-state index in [1.807, 2.05) is 13.8 Å². The van der Waals surface area contributed by atoms with E-state index in [9.17, 15) is 15.2 Å². The molecule has 1 aromatic carbocycles. The molecule has 0 aliphatic heterocycles. The van der Waals surface area contributed by atoms with E-state index in [2.05, 4.69) is 5.32 Å². The van der Waals surface area contributed by atoms with Gasteiger partial charge in [0.05, 0.1) is 23.7 Å². The summed E-state index contributed by atoms with van der Waals surface area (Å²) in [5.41, 5.74) is 0.0261. The van der Waals surface area contributed by atoms with Gasteiger partial charge < -0.3 is 15.2 Å². The van der Waals surface area contributed by atoms with Crippen molar-refractivity contribution >= 4 is 5.69 Å². The number of rotatable bonds is 8. The maximum Gasteiger partial charge on any atom is 0.273 e. The van der Waals surface area contributed by atoms with Crippen molar-refractivity contribution in [3.63, 3.8) is 0 Å². The number of ether oxygens (including phenoxy) is 1. The molecule has 0 amide bonds. The highest BCUT2D eigenvalue weighted by molar-refractivity contribution is 5.42. The summed E-state index contributed by atoms with van der Waals surface area (Å²) < 4.78 is 5.05. The fraction of sp³-hybridized carbons (Fsp3) is 0.571. The molecular formula is C14H22N2O4. The van der Waals surface area contributed by atoms with E-state index in [0.717, 1.165) is 5.56 Å². The van der Waals surface area contributed by atoms with Gasteiger partial charge in [-0.2, -0.15) is 0 Å². The van der Waals surface area contributed by atoms with Gasteiger partial charge in [-0.15, -0.1) is 0 Å². The molecule has 0 aromatic heterocycles. The van der Waals surface area contributed by atoms with Crippen LogP contribution in [0.3, 0.4) is 0 Å². The molecule has 0 saturated carbocycles. The Kier molecular flexibility index (Phi) is 5.91. The number of hydrogen-bond acceptors (Lipinski definition) is 5. The summed E-state index contributed by atoms with van der Waals surface area (Å²) in [6.45, 7) is 4.76. The van der Waals surface area contributed by atoms with Crippen molar-refractivity contribution in [2.45, 2.75) is 38.8 Å². The van der Waals surface area contributed by atoms with Gasteiger partial charge in [-0.1, -0.05) is 13.8 Å². The monoisotopic (exact) mass is 282 g/mol. The number of hydrogen-bond donors (Lipinski definition) is 2. The summed E-state index contributed by atoms with van der Waals surface area (Å²) in [6, 6.07) is 4.64. The van der Waals surface area contributed by atoms with Gasteiger partial charge in [-0.05, 0) is 24.5 Å². The van der Waals surface area contributed by atoms with Crippen LogP contribution in [0, 0.1) is 10.1 Å². The molecule has 0 atom stereocenters. The first kappa shape index (κ1) is 16.4. The van der Waals surface area contributed by atoms with Crippen LogP contribution in [-0.2, 0) is 6.54 Å².